The van der Waals surface area contributed by atoms with Gasteiger partial charge in [-0.3, -0.25) is 9.59 Å². The Kier molecular flexibility index (Phi) is 2.96. The maximum absolute atomic E-state index is 12.7. The van der Waals surface area contributed by atoms with Crippen LogP contribution in [-0.4, -0.2) is 16.9 Å². The van der Waals surface area contributed by atoms with E-state index in [2.05, 4.69) is 19.1 Å². The molecule has 0 aliphatic heterocycles. The minimum absolute atomic E-state index is 0.0108. The summed E-state index contributed by atoms with van der Waals surface area (Å²) < 4.78 is 0. The number of ketones is 1. The summed E-state index contributed by atoms with van der Waals surface area (Å²) in [4.78, 5) is 23.9. The van der Waals surface area contributed by atoms with E-state index in [0.29, 0.717) is 6.42 Å². The summed E-state index contributed by atoms with van der Waals surface area (Å²) >= 11 is 0. The molecular weight excluding hydrogens is 252 g/mol. The molecule has 3 nitrogen and oxygen atoms in total. The number of carbonyl (C=O) groups is 2. The molecule has 2 fully saturated rings. The van der Waals surface area contributed by atoms with Crippen LogP contribution < -0.4 is 0 Å². The molecule has 0 radical (unpaired) electrons. The number of rotatable bonds is 4. The number of aryl methyl sites for hydroxylation is 1. The van der Waals surface area contributed by atoms with Crippen LogP contribution in [0.3, 0.4) is 0 Å². The van der Waals surface area contributed by atoms with Crippen molar-refractivity contribution in [1.82, 2.24) is 0 Å². The van der Waals surface area contributed by atoms with Crippen molar-refractivity contribution in [2.24, 2.45) is 23.2 Å². The summed E-state index contributed by atoms with van der Waals surface area (Å²) in [7, 11) is 0. The van der Waals surface area contributed by atoms with Gasteiger partial charge in [-0.25, -0.2) is 0 Å². The Balaban J connectivity index is 1.79. The van der Waals surface area contributed by atoms with Crippen molar-refractivity contribution in [2.75, 3.05) is 0 Å². The second-order valence-corrected chi connectivity index (χ2v) is 6.24. The highest BCUT2D eigenvalue weighted by Gasteiger charge is 2.75. The molecule has 0 spiro atoms. The normalized spacial score (nSPS) is 34.9. The van der Waals surface area contributed by atoms with E-state index in [1.807, 2.05) is 19.1 Å². The lowest BCUT2D eigenvalue weighted by Gasteiger charge is -2.17. The fourth-order valence-electron chi connectivity index (χ4n) is 4.32. The third-order valence-corrected chi connectivity index (χ3v) is 5.46. The number of hydrogen-bond acceptors (Lipinski definition) is 2. The number of Topliss-reactive ketones (excluding diaryl/α,β-unsaturated/α-hetero) is 1. The molecule has 106 valence electrons. The van der Waals surface area contributed by atoms with Crippen molar-refractivity contribution in [3.63, 3.8) is 0 Å². The lowest BCUT2D eigenvalue weighted by molar-refractivity contribution is -0.142. The minimum Gasteiger partial charge on any atom is -0.481 e. The van der Waals surface area contributed by atoms with E-state index in [-0.39, 0.29) is 17.6 Å². The van der Waals surface area contributed by atoms with Crippen LogP contribution in [0.15, 0.2) is 24.3 Å². The third kappa shape index (κ3) is 1.65. The lowest BCUT2D eigenvalue weighted by Crippen LogP contribution is -2.26. The molecule has 1 N–H and O–H groups in total. The molecule has 0 amide bonds. The molecule has 1 aromatic carbocycles. The third-order valence-electron chi connectivity index (χ3n) is 5.46. The van der Waals surface area contributed by atoms with Crippen molar-refractivity contribution in [3.8, 4) is 0 Å². The van der Waals surface area contributed by atoms with Gasteiger partial charge in [-0.2, -0.15) is 0 Å². The second kappa shape index (κ2) is 4.44. The van der Waals surface area contributed by atoms with Crippen molar-refractivity contribution in [3.05, 3.63) is 35.4 Å². The largest absolute Gasteiger partial charge is 0.481 e. The molecule has 1 aromatic rings. The maximum Gasteiger partial charge on any atom is 0.307 e. The zero-order valence-corrected chi connectivity index (χ0v) is 11.9. The Labute approximate surface area is 119 Å². The van der Waals surface area contributed by atoms with Crippen LogP contribution in [0.5, 0.6) is 0 Å². The van der Waals surface area contributed by atoms with Crippen LogP contribution in [0, 0.1) is 30.1 Å². The average Bonchev–Trinajstić information content (AvgIpc) is 3.00. The second-order valence-electron chi connectivity index (χ2n) is 6.24. The van der Waals surface area contributed by atoms with Gasteiger partial charge in [0.1, 0.15) is 5.78 Å². The number of carboxylic acids is 1. The van der Waals surface area contributed by atoms with Gasteiger partial charge in [0.15, 0.2) is 0 Å². The van der Waals surface area contributed by atoms with Gasteiger partial charge in [-0.1, -0.05) is 31.2 Å². The van der Waals surface area contributed by atoms with Gasteiger partial charge in [-0.05, 0) is 43.2 Å². The first-order valence-corrected chi connectivity index (χ1v) is 7.34. The van der Waals surface area contributed by atoms with Gasteiger partial charge < -0.3 is 5.11 Å². The minimum atomic E-state index is -0.792. The fraction of sp³-hybridized carbons (Fsp3) is 0.529. The highest BCUT2D eigenvalue weighted by Crippen LogP contribution is 2.69. The number of benzene rings is 1. The van der Waals surface area contributed by atoms with Gasteiger partial charge in [0.25, 0.3) is 0 Å². The van der Waals surface area contributed by atoms with Crippen LogP contribution >= 0.6 is 0 Å². The lowest BCUT2D eigenvalue weighted by atomic mass is 9.85. The number of hydrogen-bond donors (Lipinski definition) is 1. The first-order chi connectivity index (χ1) is 9.52. The Hall–Kier alpha value is -1.64. The fourth-order valence-corrected chi connectivity index (χ4v) is 4.32. The monoisotopic (exact) mass is 272 g/mol. The molecule has 2 saturated carbocycles. The zero-order chi connectivity index (χ0) is 14.5. The standard InChI is InChI=1S/C17H20O3/c1-3-17-13(14(17)16(19)20)9-12(15(17)18)8-11-7-5-4-6-10(11)2/h4-7,12-14H,3,8-9H2,1-2H3,(H,19,20). The molecule has 2 aliphatic carbocycles. The van der Waals surface area contributed by atoms with Gasteiger partial charge in [0, 0.05) is 11.3 Å². The SMILES string of the molecule is CCC12C(=O)C(Cc3ccccc3C)CC1C2C(=O)O. The summed E-state index contributed by atoms with van der Waals surface area (Å²) in [6.07, 6.45) is 2.17. The van der Waals surface area contributed by atoms with Crippen molar-refractivity contribution >= 4 is 11.8 Å². The molecule has 2 aliphatic rings. The summed E-state index contributed by atoms with van der Waals surface area (Å²) in [5.74, 6) is -0.934. The Morgan fingerprint density at radius 1 is 1.40 bits per heavy atom. The maximum atomic E-state index is 12.7. The molecular formula is C17H20O3. The van der Waals surface area contributed by atoms with E-state index in [1.54, 1.807) is 0 Å². The van der Waals surface area contributed by atoms with Crippen LogP contribution in [0.2, 0.25) is 0 Å². The van der Waals surface area contributed by atoms with Crippen LogP contribution in [0.1, 0.15) is 30.9 Å². The van der Waals surface area contributed by atoms with Crippen molar-refractivity contribution in [2.45, 2.75) is 33.1 Å². The molecule has 3 heteroatoms. The smallest absolute Gasteiger partial charge is 0.307 e. The predicted octanol–water partition coefficient (Wildman–Crippen LogP) is 2.85. The summed E-state index contributed by atoms with van der Waals surface area (Å²) in [6.45, 7) is 4.01. The van der Waals surface area contributed by atoms with Gasteiger partial charge >= 0.3 is 5.97 Å². The van der Waals surface area contributed by atoms with Crippen molar-refractivity contribution in [1.29, 1.82) is 0 Å². The molecule has 4 atom stereocenters. The number of aliphatic carboxylic acids is 1. The average molecular weight is 272 g/mol. The van der Waals surface area contributed by atoms with Crippen molar-refractivity contribution < 1.29 is 14.7 Å². The molecule has 0 saturated heterocycles. The van der Waals surface area contributed by atoms with Crippen LogP contribution in [0.25, 0.3) is 0 Å². The highest BCUT2D eigenvalue weighted by molar-refractivity contribution is 5.99. The number of carboxylic acid groups (broad SMARTS) is 1. The molecule has 0 heterocycles. The molecule has 3 rings (SSSR count). The number of carbonyl (C=O) groups excluding carboxylic acids is 1. The molecule has 20 heavy (non-hydrogen) atoms. The predicted molar refractivity (Wildman–Crippen MR) is 75.3 cm³/mol. The zero-order valence-electron chi connectivity index (χ0n) is 11.9. The highest BCUT2D eigenvalue weighted by atomic mass is 16.4. The van der Waals surface area contributed by atoms with E-state index in [0.717, 1.165) is 12.8 Å². The topological polar surface area (TPSA) is 54.4 Å². The van der Waals surface area contributed by atoms with Gasteiger partial charge in [0.2, 0.25) is 0 Å². The van der Waals surface area contributed by atoms with Crippen LogP contribution in [-0.2, 0) is 16.0 Å². The van der Waals surface area contributed by atoms with E-state index in [1.165, 1.54) is 11.1 Å². The van der Waals surface area contributed by atoms with Gasteiger partial charge in [0.05, 0.1) is 5.92 Å². The van der Waals surface area contributed by atoms with E-state index >= 15 is 0 Å². The summed E-state index contributed by atoms with van der Waals surface area (Å²) in [5.41, 5.74) is 1.88. The van der Waals surface area contributed by atoms with E-state index in [9.17, 15) is 14.7 Å². The molecule has 0 bridgehead atoms. The Morgan fingerprint density at radius 3 is 2.65 bits per heavy atom. The van der Waals surface area contributed by atoms with Crippen LogP contribution in [0.4, 0.5) is 0 Å². The summed E-state index contributed by atoms with van der Waals surface area (Å²) in [5, 5.41) is 9.24. The quantitative estimate of drug-likeness (QED) is 0.917. The molecule has 4 unspecified atom stereocenters. The van der Waals surface area contributed by atoms with E-state index in [4.69, 9.17) is 0 Å². The Bertz CT molecular complexity index is 577. The summed E-state index contributed by atoms with van der Waals surface area (Å²) in [6, 6.07) is 8.13. The first kappa shape index (κ1) is 13.3. The number of fused-ring (bicyclic) bond motifs is 1. The Morgan fingerprint density at radius 2 is 2.10 bits per heavy atom. The first-order valence-electron chi connectivity index (χ1n) is 7.34. The molecule has 0 aromatic heterocycles. The van der Waals surface area contributed by atoms with Gasteiger partial charge in [-0.15, -0.1) is 0 Å². The van der Waals surface area contributed by atoms with E-state index < -0.39 is 17.3 Å².